The number of sulfonamides is 1. The smallest absolute Gasteiger partial charge is 0.243 e. The van der Waals surface area contributed by atoms with Crippen molar-refractivity contribution in [1.82, 2.24) is 4.31 Å². The fraction of sp³-hybridized carbons (Fsp3) is 0.238. The molecule has 0 amide bonds. The van der Waals surface area contributed by atoms with Gasteiger partial charge in [0.1, 0.15) is 5.75 Å². The van der Waals surface area contributed by atoms with Crippen LogP contribution in [0.3, 0.4) is 0 Å². The zero-order valence-electron chi connectivity index (χ0n) is 14.6. The predicted octanol–water partition coefficient (Wildman–Crippen LogP) is 4.37. The van der Waals surface area contributed by atoms with E-state index in [0.717, 1.165) is 34.9 Å². The molecule has 0 bridgehead atoms. The standard InChI is InChI=1S/C21H21NO3S/c1-25-19-9-4-8-18(14-19)21-10-5-13-22(21)26(23,24)20-12-11-16-6-2-3-7-17(16)15-20/h2-4,6-9,11-12,14-15,21H,5,10,13H2,1H3. The molecule has 0 saturated carbocycles. The van der Waals surface area contributed by atoms with Crippen LogP contribution in [0.4, 0.5) is 0 Å². The van der Waals surface area contributed by atoms with Crippen LogP contribution < -0.4 is 4.74 Å². The van der Waals surface area contributed by atoms with Gasteiger partial charge in [-0.2, -0.15) is 4.31 Å². The first-order valence-corrected chi connectivity index (χ1v) is 10.2. The average molecular weight is 367 g/mol. The predicted molar refractivity (Wildman–Crippen MR) is 103 cm³/mol. The Bertz CT molecular complexity index is 1050. The van der Waals surface area contributed by atoms with Crippen LogP contribution in [0.5, 0.6) is 5.75 Å². The van der Waals surface area contributed by atoms with Crippen molar-refractivity contribution in [1.29, 1.82) is 0 Å². The number of nitrogens with zero attached hydrogens (tertiary/aromatic N) is 1. The van der Waals surface area contributed by atoms with Crippen molar-refractivity contribution >= 4 is 20.8 Å². The lowest BCUT2D eigenvalue weighted by Crippen LogP contribution is -2.30. The van der Waals surface area contributed by atoms with Gasteiger partial charge in [-0.25, -0.2) is 8.42 Å². The van der Waals surface area contributed by atoms with Gasteiger partial charge in [-0.1, -0.05) is 42.5 Å². The van der Waals surface area contributed by atoms with E-state index in [-0.39, 0.29) is 6.04 Å². The van der Waals surface area contributed by atoms with Gasteiger partial charge in [0.15, 0.2) is 0 Å². The van der Waals surface area contributed by atoms with Crippen molar-refractivity contribution in [3.8, 4) is 5.75 Å². The molecule has 1 aliphatic rings. The molecular weight excluding hydrogens is 346 g/mol. The van der Waals surface area contributed by atoms with Crippen LogP contribution in [0.25, 0.3) is 10.8 Å². The van der Waals surface area contributed by atoms with Crippen molar-refractivity contribution in [2.75, 3.05) is 13.7 Å². The van der Waals surface area contributed by atoms with E-state index < -0.39 is 10.0 Å². The van der Waals surface area contributed by atoms with E-state index in [4.69, 9.17) is 4.74 Å². The number of fused-ring (bicyclic) bond motifs is 1. The number of benzene rings is 3. The summed E-state index contributed by atoms with van der Waals surface area (Å²) in [6.07, 6.45) is 1.68. The van der Waals surface area contributed by atoms with Gasteiger partial charge >= 0.3 is 0 Å². The molecule has 1 saturated heterocycles. The second-order valence-corrected chi connectivity index (χ2v) is 8.45. The fourth-order valence-electron chi connectivity index (χ4n) is 3.67. The van der Waals surface area contributed by atoms with Crippen molar-refractivity contribution in [3.05, 3.63) is 72.3 Å². The highest BCUT2D eigenvalue weighted by molar-refractivity contribution is 7.89. The number of ether oxygens (including phenoxy) is 1. The summed E-state index contributed by atoms with van der Waals surface area (Å²) in [5.41, 5.74) is 0.978. The first kappa shape index (κ1) is 17.1. The molecule has 1 unspecified atom stereocenters. The second-order valence-electron chi connectivity index (χ2n) is 6.56. The molecule has 1 heterocycles. The van der Waals surface area contributed by atoms with Crippen molar-refractivity contribution in [2.45, 2.75) is 23.8 Å². The highest BCUT2D eigenvalue weighted by Crippen LogP contribution is 2.38. The lowest BCUT2D eigenvalue weighted by molar-refractivity contribution is 0.390. The highest BCUT2D eigenvalue weighted by Gasteiger charge is 2.36. The SMILES string of the molecule is COc1cccc(C2CCCN2S(=O)(=O)c2ccc3ccccc3c2)c1. The normalized spacial score (nSPS) is 18.3. The van der Waals surface area contributed by atoms with Gasteiger partial charge in [0.05, 0.1) is 18.0 Å². The lowest BCUT2D eigenvalue weighted by Gasteiger charge is -2.25. The third kappa shape index (κ3) is 2.97. The van der Waals surface area contributed by atoms with Crippen molar-refractivity contribution in [2.24, 2.45) is 0 Å². The molecule has 3 aromatic rings. The van der Waals surface area contributed by atoms with Crippen molar-refractivity contribution in [3.63, 3.8) is 0 Å². The molecule has 1 atom stereocenters. The molecule has 26 heavy (non-hydrogen) atoms. The Kier molecular flexibility index (Phi) is 4.42. The topological polar surface area (TPSA) is 46.6 Å². The third-order valence-corrected chi connectivity index (χ3v) is 6.91. The van der Waals surface area contributed by atoms with Gasteiger partial charge in [-0.15, -0.1) is 0 Å². The van der Waals surface area contributed by atoms with Gasteiger partial charge in [0.2, 0.25) is 10.0 Å². The minimum absolute atomic E-state index is 0.151. The summed E-state index contributed by atoms with van der Waals surface area (Å²) in [6.45, 7) is 0.539. The molecular formula is C21H21NO3S. The first-order valence-electron chi connectivity index (χ1n) is 8.74. The molecule has 0 N–H and O–H groups in total. The number of hydrogen-bond donors (Lipinski definition) is 0. The second kappa shape index (κ2) is 6.74. The van der Waals surface area contributed by atoms with E-state index in [2.05, 4.69) is 0 Å². The Balaban J connectivity index is 1.73. The molecule has 4 nitrogen and oxygen atoms in total. The van der Waals surface area contributed by atoms with Gasteiger partial charge in [-0.05, 0) is 53.4 Å². The first-order chi connectivity index (χ1) is 12.6. The molecule has 1 aliphatic heterocycles. The maximum absolute atomic E-state index is 13.3. The Morgan fingerprint density at radius 3 is 2.58 bits per heavy atom. The Labute approximate surface area is 154 Å². The number of methoxy groups -OCH3 is 1. The number of rotatable bonds is 4. The highest BCUT2D eigenvalue weighted by atomic mass is 32.2. The van der Waals surface area contributed by atoms with Crippen LogP contribution in [0.2, 0.25) is 0 Å². The van der Waals surface area contributed by atoms with Crippen LogP contribution >= 0.6 is 0 Å². The summed E-state index contributed by atoms with van der Waals surface area (Å²) < 4.78 is 33.6. The quantitative estimate of drug-likeness (QED) is 0.688. The minimum Gasteiger partial charge on any atom is -0.497 e. The van der Waals surface area contributed by atoms with Gasteiger partial charge in [0, 0.05) is 6.54 Å². The summed E-state index contributed by atoms with van der Waals surface area (Å²) in [5, 5.41) is 1.97. The number of hydrogen-bond acceptors (Lipinski definition) is 3. The van der Waals surface area contributed by atoms with E-state index in [0.29, 0.717) is 11.4 Å². The van der Waals surface area contributed by atoms with E-state index in [1.807, 2.05) is 54.6 Å². The summed E-state index contributed by atoms with van der Waals surface area (Å²) in [4.78, 5) is 0.353. The third-order valence-electron chi connectivity index (χ3n) is 5.01. The zero-order valence-corrected chi connectivity index (χ0v) is 15.4. The zero-order chi connectivity index (χ0) is 18.1. The van der Waals surface area contributed by atoms with Crippen LogP contribution in [0.1, 0.15) is 24.4 Å². The van der Waals surface area contributed by atoms with Crippen LogP contribution in [-0.4, -0.2) is 26.4 Å². The summed E-state index contributed by atoms with van der Waals surface area (Å²) in [7, 11) is -1.93. The summed E-state index contributed by atoms with van der Waals surface area (Å²) >= 11 is 0. The fourth-order valence-corrected chi connectivity index (χ4v) is 5.39. The van der Waals surface area contributed by atoms with Crippen LogP contribution in [0.15, 0.2) is 71.6 Å². The van der Waals surface area contributed by atoms with Crippen LogP contribution in [-0.2, 0) is 10.0 Å². The molecule has 4 rings (SSSR count). The largest absolute Gasteiger partial charge is 0.497 e. The maximum Gasteiger partial charge on any atom is 0.243 e. The van der Waals surface area contributed by atoms with Gasteiger partial charge < -0.3 is 4.74 Å². The monoisotopic (exact) mass is 367 g/mol. The molecule has 0 aliphatic carbocycles. The Morgan fingerprint density at radius 2 is 1.77 bits per heavy atom. The summed E-state index contributed by atoms with van der Waals surface area (Å²) in [5.74, 6) is 0.748. The molecule has 0 radical (unpaired) electrons. The Morgan fingerprint density at radius 1 is 0.962 bits per heavy atom. The molecule has 1 fully saturated rings. The van der Waals surface area contributed by atoms with Gasteiger partial charge in [0.25, 0.3) is 0 Å². The maximum atomic E-state index is 13.3. The van der Waals surface area contributed by atoms with Crippen molar-refractivity contribution < 1.29 is 13.2 Å². The van der Waals surface area contributed by atoms with E-state index in [1.54, 1.807) is 23.5 Å². The van der Waals surface area contributed by atoms with E-state index in [1.165, 1.54) is 0 Å². The molecule has 3 aromatic carbocycles. The Hall–Kier alpha value is -2.37. The molecule has 5 heteroatoms. The minimum atomic E-state index is -3.55. The average Bonchev–Trinajstić information content (AvgIpc) is 3.18. The molecule has 134 valence electrons. The summed E-state index contributed by atoms with van der Waals surface area (Å²) in [6, 6.07) is 20.7. The van der Waals surface area contributed by atoms with Crippen LogP contribution in [0, 0.1) is 0 Å². The lowest BCUT2D eigenvalue weighted by atomic mass is 10.1. The van der Waals surface area contributed by atoms with Gasteiger partial charge in [-0.3, -0.25) is 0 Å². The molecule has 0 aromatic heterocycles. The molecule has 0 spiro atoms. The van der Waals surface area contributed by atoms with E-state index in [9.17, 15) is 8.42 Å². The van der Waals surface area contributed by atoms with E-state index >= 15 is 0 Å².